The quantitative estimate of drug-likeness (QED) is 0.426. The highest BCUT2D eigenvalue weighted by Gasteiger charge is 2.06. The monoisotopic (exact) mass is 360 g/mol. The molecular weight excluding hydrogens is 340 g/mol. The van der Waals surface area contributed by atoms with Gasteiger partial charge >= 0.3 is 0 Å². The third kappa shape index (κ3) is 5.69. The van der Waals surface area contributed by atoms with Gasteiger partial charge in [0.1, 0.15) is 0 Å². The van der Waals surface area contributed by atoms with Gasteiger partial charge in [0.15, 0.2) is 0 Å². The molecule has 2 aromatic carbocycles. The first-order chi connectivity index (χ1) is 11.5. The second-order valence-electron chi connectivity index (χ2n) is 5.79. The van der Waals surface area contributed by atoms with E-state index < -0.39 is 0 Å². The molecule has 0 spiro atoms. The minimum absolute atomic E-state index is 0.188. The summed E-state index contributed by atoms with van der Waals surface area (Å²) in [4.78, 5) is 13.2. The number of carbonyl (C=O) groups excluding carboxylic acids is 1. The minimum atomic E-state index is -0.188. The van der Waals surface area contributed by atoms with Crippen LogP contribution < -0.4 is 5.43 Å². The van der Waals surface area contributed by atoms with Crippen LogP contribution in [0.5, 0.6) is 0 Å². The van der Waals surface area contributed by atoms with Crippen molar-refractivity contribution in [3.8, 4) is 0 Å². The van der Waals surface area contributed by atoms with Crippen LogP contribution in [0.3, 0.4) is 0 Å². The molecule has 1 amide bonds. The molecule has 0 aliphatic carbocycles. The maximum Gasteiger partial charge on any atom is 0.271 e. The Morgan fingerprint density at radius 3 is 2.33 bits per heavy atom. The van der Waals surface area contributed by atoms with Gasteiger partial charge in [-0.25, -0.2) is 5.43 Å². The Balaban J connectivity index is 1.91. The molecule has 3 nitrogen and oxygen atoms in total. The molecule has 0 atom stereocenters. The normalized spacial score (nSPS) is 11.6. The second-order valence-corrected chi connectivity index (χ2v) is 7.27. The summed E-state index contributed by atoms with van der Waals surface area (Å²) in [5.41, 5.74) is 5.26. The predicted molar refractivity (Wildman–Crippen MR) is 103 cm³/mol. The standard InChI is InChI=1S/C19H21ClN2OS/c1-13(2)14(3)21-22-19(23)16-6-4-15(5-7-16)12-24-18-10-8-17(20)9-11-18/h4-11,13H,12H2,1-3H3,(H,22,23)/b21-14+. The molecule has 2 aromatic rings. The number of hydrogen-bond acceptors (Lipinski definition) is 3. The number of nitrogens with zero attached hydrogens (tertiary/aromatic N) is 1. The molecule has 5 heteroatoms. The Hall–Kier alpha value is -1.78. The van der Waals surface area contributed by atoms with Crippen molar-refractivity contribution >= 4 is 35.0 Å². The molecule has 0 heterocycles. The fourth-order valence-corrected chi connectivity index (χ4v) is 2.76. The molecule has 0 saturated heterocycles. The molecule has 0 saturated carbocycles. The number of hydrazone groups is 1. The number of carbonyl (C=O) groups is 1. The zero-order valence-electron chi connectivity index (χ0n) is 14.0. The van der Waals surface area contributed by atoms with E-state index in [2.05, 4.69) is 10.5 Å². The van der Waals surface area contributed by atoms with E-state index in [1.165, 1.54) is 4.90 Å². The first-order valence-electron chi connectivity index (χ1n) is 7.77. The average molecular weight is 361 g/mol. The van der Waals surface area contributed by atoms with Crippen LogP contribution in [0, 0.1) is 5.92 Å². The molecule has 0 aliphatic rings. The summed E-state index contributed by atoms with van der Waals surface area (Å²) in [5, 5.41) is 4.85. The van der Waals surface area contributed by atoms with Gasteiger partial charge in [-0.05, 0) is 54.8 Å². The Labute approximate surface area is 152 Å². The van der Waals surface area contributed by atoms with Crippen molar-refractivity contribution in [1.82, 2.24) is 5.43 Å². The van der Waals surface area contributed by atoms with Crippen molar-refractivity contribution in [3.05, 3.63) is 64.7 Å². The first-order valence-corrected chi connectivity index (χ1v) is 9.14. The third-order valence-electron chi connectivity index (χ3n) is 3.60. The smallest absolute Gasteiger partial charge is 0.267 e. The molecule has 0 aliphatic heterocycles. The molecular formula is C19H21ClN2OS. The van der Waals surface area contributed by atoms with Crippen molar-refractivity contribution in [2.24, 2.45) is 11.0 Å². The molecule has 0 aromatic heterocycles. The summed E-state index contributed by atoms with van der Waals surface area (Å²) in [6.07, 6.45) is 0. The molecule has 0 bridgehead atoms. The molecule has 1 N–H and O–H groups in total. The molecule has 0 fully saturated rings. The topological polar surface area (TPSA) is 41.5 Å². The number of nitrogens with one attached hydrogen (secondary N) is 1. The summed E-state index contributed by atoms with van der Waals surface area (Å²) in [6.45, 7) is 5.98. The van der Waals surface area contributed by atoms with Crippen LogP contribution in [0.4, 0.5) is 0 Å². The molecule has 0 unspecified atom stereocenters. The van der Waals surface area contributed by atoms with Crippen LogP contribution in [-0.4, -0.2) is 11.6 Å². The van der Waals surface area contributed by atoms with Crippen molar-refractivity contribution in [2.75, 3.05) is 0 Å². The highest BCUT2D eigenvalue weighted by Crippen LogP contribution is 2.24. The Kier molecular flexibility index (Phi) is 6.88. The number of amides is 1. The Morgan fingerprint density at radius 2 is 1.75 bits per heavy atom. The van der Waals surface area contributed by atoms with Gasteiger partial charge in [0.25, 0.3) is 5.91 Å². The summed E-state index contributed by atoms with van der Waals surface area (Å²) < 4.78 is 0. The third-order valence-corrected chi connectivity index (χ3v) is 4.94. The summed E-state index contributed by atoms with van der Waals surface area (Å²) in [5.74, 6) is 0.971. The maximum absolute atomic E-state index is 12.1. The summed E-state index contributed by atoms with van der Waals surface area (Å²) in [7, 11) is 0. The largest absolute Gasteiger partial charge is 0.271 e. The average Bonchev–Trinajstić information content (AvgIpc) is 2.59. The van der Waals surface area contributed by atoms with Gasteiger partial charge in [-0.15, -0.1) is 11.8 Å². The Morgan fingerprint density at radius 1 is 1.12 bits per heavy atom. The van der Waals surface area contributed by atoms with E-state index in [0.29, 0.717) is 11.5 Å². The van der Waals surface area contributed by atoms with Gasteiger partial charge in [-0.3, -0.25) is 4.79 Å². The SMILES string of the molecule is C/C(=N\NC(=O)c1ccc(CSc2ccc(Cl)cc2)cc1)C(C)C. The lowest BCUT2D eigenvalue weighted by Crippen LogP contribution is -2.20. The van der Waals surface area contributed by atoms with E-state index >= 15 is 0 Å². The fourth-order valence-electron chi connectivity index (χ4n) is 1.78. The van der Waals surface area contributed by atoms with Crippen LogP contribution in [-0.2, 0) is 5.75 Å². The zero-order chi connectivity index (χ0) is 17.5. The Bertz CT molecular complexity index is 709. The van der Waals surface area contributed by atoms with Crippen LogP contribution in [0.25, 0.3) is 0 Å². The van der Waals surface area contributed by atoms with Gasteiger partial charge in [0.2, 0.25) is 0 Å². The van der Waals surface area contributed by atoms with Crippen LogP contribution in [0.2, 0.25) is 5.02 Å². The van der Waals surface area contributed by atoms with E-state index in [9.17, 15) is 4.79 Å². The summed E-state index contributed by atoms with van der Waals surface area (Å²) >= 11 is 7.61. The number of thioether (sulfide) groups is 1. The second kappa shape index (κ2) is 8.90. The molecule has 2 rings (SSSR count). The van der Waals surface area contributed by atoms with Crippen LogP contribution in [0.15, 0.2) is 58.5 Å². The van der Waals surface area contributed by atoms with E-state index in [-0.39, 0.29) is 5.91 Å². The van der Waals surface area contributed by atoms with Gasteiger partial charge in [-0.1, -0.05) is 37.6 Å². The van der Waals surface area contributed by atoms with Crippen molar-refractivity contribution < 1.29 is 4.79 Å². The van der Waals surface area contributed by atoms with Gasteiger partial charge in [-0.2, -0.15) is 5.10 Å². The van der Waals surface area contributed by atoms with E-state index in [1.54, 1.807) is 11.8 Å². The van der Waals surface area contributed by atoms with E-state index in [4.69, 9.17) is 11.6 Å². The van der Waals surface area contributed by atoms with Crippen LogP contribution in [0.1, 0.15) is 36.7 Å². The minimum Gasteiger partial charge on any atom is -0.267 e. The highest BCUT2D eigenvalue weighted by atomic mass is 35.5. The molecule has 24 heavy (non-hydrogen) atoms. The lowest BCUT2D eigenvalue weighted by atomic mass is 10.1. The summed E-state index contributed by atoms with van der Waals surface area (Å²) in [6, 6.07) is 15.4. The van der Waals surface area contributed by atoms with E-state index in [0.717, 1.165) is 22.1 Å². The number of benzene rings is 2. The lowest BCUT2D eigenvalue weighted by molar-refractivity contribution is 0.0954. The highest BCUT2D eigenvalue weighted by molar-refractivity contribution is 7.98. The van der Waals surface area contributed by atoms with E-state index in [1.807, 2.05) is 69.3 Å². The molecule has 126 valence electrons. The lowest BCUT2D eigenvalue weighted by Gasteiger charge is -2.06. The first kappa shape index (κ1) is 18.6. The van der Waals surface area contributed by atoms with Gasteiger partial charge in [0.05, 0.1) is 0 Å². The maximum atomic E-state index is 12.1. The van der Waals surface area contributed by atoms with Crippen molar-refractivity contribution in [2.45, 2.75) is 31.4 Å². The number of rotatable bonds is 6. The number of hydrogen-bond donors (Lipinski definition) is 1. The zero-order valence-corrected chi connectivity index (χ0v) is 15.6. The van der Waals surface area contributed by atoms with Gasteiger partial charge < -0.3 is 0 Å². The molecule has 0 radical (unpaired) electrons. The van der Waals surface area contributed by atoms with Crippen molar-refractivity contribution in [1.29, 1.82) is 0 Å². The predicted octanol–water partition coefficient (Wildman–Crippen LogP) is 5.39. The van der Waals surface area contributed by atoms with Gasteiger partial charge in [0, 0.05) is 26.9 Å². The van der Waals surface area contributed by atoms with Crippen molar-refractivity contribution in [3.63, 3.8) is 0 Å². The number of halogens is 1. The van der Waals surface area contributed by atoms with Crippen LogP contribution >= 0.6 is 23.4 Å². The fraction of sp³-hybridized carbons (Fsp3) is 0.263.